The molecule has 0 saturated carbocycles. The van der Waals surface area contributed by atoms with Crippen LogP contribution in [0.2, 0.25) is 0 Å². The van der Waals surface area contributed by atoms with E-state index in [-0.39, 0.29) is 17.2 Å². The van der Waals surface area contributed by atoms with Gasteiger partial charge in [0.05, 0.1) is 11.7 Å². The first-order valence-corrected chi connectivity index (χ1v) is 8.64. The van der Waals surface area contributed by atoms with E-state index in [9.17, 15) is 18.8 Å². The smallest absolute Gasteiger partial charge is 0.344 e. The van der Waals surface area contributed by atoms with Crippen LogP contribution in [0.4, 0.5) is 4.39 Å². The average molecular weight is 383 g/mol. The lowest BCUT2D eigenvalue weighted by atomic mass is 10.1. The lowest BCUT2D eigenvalue weighted by molar-refractivity contribution is -0.150. The van der Waals surface area contributed by atoms with Crippen LogP contribution in [0.1, 0.15) is 24.2 Å². The maximum Gasteiger partial charge on any atom is 0.344 e. The number of hydrogen-bond donors (Lipinski definition) is 0. The molecule has 0 unspecified atom stereocenters. The Morgan fingerprint density at radius 2 is 1.68 bits per heavy atom. The minimum absolute atomic E-state index is 0.108. The monoisotopic (exact) mass is 383 g/mol. The standard InChI is InChI=1S/C21H18FNO5/c1-13(2)28-19(24)12-27-21(26)18-11-23(15-9-7-14(22)8-10-15)20(25)17-6-4-3-5-16(17)18/h3-11,13H,12H2,1-2H3. The van der Waals surface area contributed by atoms with Crippen molar-refractivity contribution in [2.45, 2.75) is 20.0 Å². The van der Waals surface area contributed by atoms with Gasteiger partial charge in [0.15, 0.2) is 6.61 Å². The first-order chi connectivity index (χ1) is 13.4. The zero-order valence-electron chi connectivity index (χ0n) is 15.3. The van der Waals surface area contributed by atoms with Gasteiger partial charge in [-0.25, -0.2) is 14.0 Å². The molecule has 0 atom stereocenters. The number of rotatable bonds is 5. The number of hydrogen-bond acceptors (Lipinski definition) is 5. The summed E-state index contributed by atoms with van der Waals surface area (Å²) in [5, 5.41) is 0.694. The molecule has 144 valence electrons. The molecule has 0 aliphatic rings. The number of nitrogens with zero attached hydrogens (tertiary/aromatic N) is 1. The summed E-state index contributed by atoms with van der Waals surface area (Å²) in [5.74, 6) is -1.88. The van der Waals surface area contributed by atoms with E-state index in [2.05, 4.69) is 0 Å². The molecule has 28 heavy (non-hydrogen) atoms. The van der Waals surface area contributed by atoms with Crippen molar-refractivity contribution in [3.63, 3.8) is 0 Å². The van der Waals surface area contributed by atoms with E-state index in [0.29, 0.717) is 16.5 Å². The Morgan fingerprint density at radius 1 is 1.04 bits per heavy atom. The zero-order valence-corrected chi connectivity index (χ0v) is 15.3. The van der Waals surface area contributed by atoms with Crippen molar-refractivity contribution in [3.05, 3.63) is 76.5 Å². The average Bonchev–Trinajstić information content (AvgIpc) is 2.67. The van der Waals surface area contributed by atoms with Gasteiger partial charge in [0, 0.05) is 22.7 Å². The minimum atomic E-state index is -0.771. The van der Waals surface area contributed by atoms with Crippen LogP contribution in [-0.4, -0.2) is 29.2 Å². The van der Waals surface area contributed by atoms with Gasteiger partial charge in [0.1, 0.15) is 5.82 Å². The van der Waals surface area contributed by atoms with Crippen LogP contribution in [0.5, 0.6) is 0 Å². The van der Waals surface area contributed by atoms with Gasteiger partial charge in [-0.2, -0.15) is 0 Å². The third-order valence-electron chi connectivity index (χ3n) is 3.94. The van der Waals surface area contributed by atoms with Crippen molar-refractivity contribution in [2.75, 3.05) is 6.61 Å². The van der Waals surface area contributed by atoms with Crippen LogP contribution in [-0.2, 0) is 14.3 Å². The molecule has 0 aliphatic carbocycles. The summed E-state index contributed by atoms with van der Waals surface area (Å²) in [6, 6.07) is 11.9. The summed E-state index contributed by atoms with van der Waals surface area (Å²) in [6.07, 6.45) is 1.00. The van der Waals surface area contributed by atoms with Gasteiger partial charge >= 0.3 is 11.9 Å². The Balaban J connectivity index is 2.03. The molecule has 1 heterocycles. The van der Waals surface area contributed by atoms with E-state index in [1.165, 1.54) is 35.0 Å². The number of carbonyl (C=O) groups is 2. The molecule has 0 saturated heterocycles. The molecule has 3 rings (SSSR count). The predicted octanol–water partition coefficient (Wildman–Crippen LogP) is 3.24. The molecule has 0 fully saturated rings. The lowest BCUT2D eigenvalue weighted by Gasteiger charge is -2.13. The first kappa shape index (κ1) is 19.3. The van der Waals surface area contributed by atoms with Gasteiger partial charge in [0.2, 0.25) is 0 Å². The maximum atomic E-state index is 13.2. The minimum Gasteiger partial charge on any atom is -0.460 e. The summed E-state index contributed by atoms with van der Waals surface area (Å²) >= 11 is 0. The summed E-state index contributed by atoms with van der Waals surface area (Å²) < 4.78 is 24.5. The van der Waals surface area contributed by atoms with Crippen molar-refractivity contribution >= 4 is 22.7 Å². The van der Waals surface area contributed by atoms with E-state index in [1.54, 1.807) is 38.1 Å². The molecule has 0 radical (unpaired) electrons. The Hall–Kier alpha value is -3.48. The summed E-state index contributed by atoms with van der Waals surface area (Å²) in [4.78, 5) is 37.0. The molecular weight excluding hydrogens is 365 g/mol. The molecule has 1 aromatic heterocycles. The topological polar surface area (TPSA) is 74.6 Å². The number of carbonyl (C=O) groups excluding carboxylic acids is 2. The second-order valence-electron chi connectivity index (χ2n) is 6.35. The van der Waals surface area contributed by atoms with Gasteiger partial charge in [-0.1, -0.05) is 18.2 Å². The molecule has 6 nitrogen and oxygen atoms in total. The Bertz CT molecular complexity index is 1090. The van der Waals surface area contributed by atoms with Gasteiger partial charge in [0.25, 0.3) is 5.56 Å². The Morgan fingerprint density at radius 3 is 2.32 bits per heavy atom. The molecule has 7 heteroatoms. The van der Waals surface area contributed by atoms with Crippen LogP contribution >= 0.6 is 0 Å². The van der Waals surface area contributed by atoms with E-state index in [1.807, 2.05) is 0 Å². The molecule has 3 aromatic rings. The zero-order chi connectivity index (χ0) is 20.3. The van der Waals surface area contributed by atoms with Crippen LogP contribution < -0.4 is 5.56 Å². The number of fused-ring (bicyclic) bond motifs is 1. The van der Waals surface area contributed by atoms with Gasteiger partial charge in [-0.3, -0.25) is 9.36 Å². The number of aromatic nitrogens is 1. The predicted molar refractivity (Wildman–Crippen MR) is 101 cm³/mol. The Labute approximate surface area is 160 Å². The number of esters is 2. The quantitative estimate of drug-likeness (QED) is 0.633. The second-order valence-corrected chi connectivity index (χ2v) is 6.35. The highest BCUT2D eigenvalue weighted by Crippen LogP contribution is 2.19. The van der Waals surface area contributed by atoms with E-state index < -0.39 is 24.4 Å². The number of ether oxygens (including phenoxy) is 2. The van der Waals surface area contributed by atoms with Crippen molar-refractivity contribution in [1.82, 2.24) is 4.57 Å². The number of benzene rings is 2. The highest BCUT2D eigenvalue weighted by Gasteiger charge is 2.18. The normalized spacial score (nSPS) is 10.9. The first-order valence-electron chi connectivity index (χ1n) is 8.64. The van der Waals surface area contributed by atoms with Gasteiger partial charge in [-0.05, 0) is 44.2 Å². The molecule has 2 aromatic carbocycles. The van der Waals surface area contributed by atoms with Crippen LogP contribution in [0.3, 0.4) is 0 Å². The molecule has 0 aliphatic heterocycles. The summed E-state index contributed by atoms with van der Waals surface area (Å²) in [5.41, 5.74) is 0.139. The molecule has 0 amide bonds. The SMILES string of the molecule is CC(C)OC(=O)COC(=O)c1cn(-c2ccc(F)cc2)c(=O)c2ccccc12. The van der Waals surface area contributed by atoms with E-state index >= 15 is 0 Å². The largest absolute Gasteiger partial charge is 0.460 e. The van der Waals surface area contributed by atoms with Crippen LogP contribution in [0, 0.1) is 5.82 Å². The summed E-state index contributed by atoms with van der Waals surface area (Å²) in [6.45, 7) is 2.83. The lowest BCUT2D eigenvalue weighted by Crippen LogP contribution is -2.23. The van der Waals surface area contributed by atoms with Gasteiger partial charge in [-0.15, -0.1) is 0 Å². The fourth-order valence-corrected chi connectivity index (χ4v) is 2.75. The summed E-state index contributed by atoms with van der Waals surface area (Å²) in [7, 11) is 0. The van der Waals surface area contributed by atoms with Crippen molar-refractivity contribution in [3.8, 4) is 5.69 Å². The fraction of sp³-hybridized carbons (Fsp3) is 0.190. The second kappa shape index (κ2) is 8.04. The van der Waals surface area contributed by atoms with E-state index in [0.717, 1.165) is 0 Å². The van der Waals surface area contributed by atoms with Crippen LogP contribution in [0.25, 0.3) is 16.5 Å². The van der Waals surface area contributed by atoms with E-state index in [4.69, 9.17) is 9.47 Å². The van der Waals surface area contributed by atoms with Crippen molar-refractivity contribution < 1.29 is 23.5 Å². The highest BCUT2D eigenvalue weighted by molar-refractivity contribution is 6.04. The molecule has 0 spiro atoms. The number of halogens is 1. The molecule has 0 N–H and O–H groups in total. The maximum absolute atomic E-state index is 13.2. The third kappa shape index (κ3) is 4.09. The Kier molecular flexibility index (Phi) is 5.54. The van der Waals surface area contributed by atoms with Crippen molar-refractivity contribution in [2.24, 2.45) is 0 Å². The van der Waals surface area contributed by atoms with Gasteiger partial charge < -0.3 is 9.47 Å². The van der Waals surface area contributed by atoms with Crippen molar-refractivity contribution in [1.29, 1.82) is 0 Å². The number of pyridine rings is 1. The third-order valence-corrected chi connectivity index (χ3v) is 3.94. The molecular formula is C21H18FNO5. The highest BCUT2D eigenvalue weighted by atomic mass is 19.1. The van der Waals surface area contributed by atoms with Crippen LogP contribution in [0.15, 0.2) is 59.5 Å². The molecule has 0 bridgehead atoms. The fourth-order valence-electron chi connectivity index (χ4n) is 2.75.